The van der Waals surface area contributed by atoms with Gasteiger partial charge in [-0.05, 0) is 42.9 Å². The number of amides is 1. The van der Waals surface area contributed by atoms with Crippen molar-refractivity contribution in [2.24, 2.45) is 0 Å². The van der Waals surface area contributed by atoms with Crippen LogP contribution in [0.25, 0.3) is 28.0 Å². The summed E-state index contributed by atoms with van der Waals surface area (Å²) < 4.78 is 7.16. The number of fused-ring (bicyclic) bond motifs is 1. The number of carbonyl (C=O) groups excluding carboxylic acids is 1. The quantitative estimate of drug-likeness (QED) is 0.282. The molecule has 1 saturated heterocycles. The average molecular weight is 580 g/mol. The number of aromatic nitrogens is 5. The molecule has 0 aliphatic carbocycles. The van der Waals surface area contributed by atoms with Crippen molar-refractivity contribution < 1.29 is 9.32 Å². The number of nitrogens with two attached hydrogens (primary N) is 1. The van der Waals surface area contributed by atoms with Crippen LogP contribution < -0.4 is 16.0 Å². The number of hydrogen-bond donors (Lipinski definition) is 2. The maximum absolute atomic E-state index is 12.7. The lowest BCUT2D eigenvalue weighted by atomic mass is 9.93. The fourth-order valence-electron chi connectivity index (χ4n) is 5.31. The molecule has 1 aliphatic heterocycles. The predicted molar refractivity (Wildman–Crippen MR) is 168 cm³/mol. The number of likely N-dealkylation sites (N-methyl/N-ethyl adjacent to an activating group) is 1. The summed E-state index contributed by atoms with van der Waals surface area (Å²) in [5.41, 5.74) is 11.7. The Morgan fingerprint density at radius 2 is 1.67 bits per heavy atom. The highest BCUT2D eigenvalue weighted by atomic mass is 16.5. The topological polar surface area (TPSA) is 131 Å². The Kier molecular flexibility index (Phi) is 7.57. The molecule has 0 unspecified atom stereocenters. The van der Waals surface area contributed by atoms with Crippen molar-refractivity contribution >= 4 is 34.1 Å². The molecule has 3 N–H and O–H groups in total. The van der Waals surface area contributed by atoms with Crippen molar-refractivity contribution in [2.75, 3.05) is 48.7 Å². The van der Waals surface area contributed by atoms with Crippen LogP contribution in [-0.2, 0) is 16.6 Å². The van der Waals surface area contributed by atoms with Gasteiger partial charge in [-0.15, -0.1) is 0 Å². The highest BCUT2D eigenvalue weighted by Crippen LogP contribution is 2.33. The minimum absolute atomic E-state index is 0.123. The third kappa shape index (κ3) is 5.94. The van der Waals surface area contributed by atoms with Crippen LogP contribution in [0, 0.1) is 0 Å². The maximum atomic E-state index is 12.7. The van der Waals surface area contributed by atoms with E-state index in [0.717, 1.165) is 55.4 Å². The molecule has 222 valence electrons. The van der Waals surface area contributed by atoms with Gasteiger partial charge in [-0.1, -0.05) is 45.0 Å². The summed E-state index contributed by atoms with van der Waals surface area (Å²) in [6.07, 6.45) is 1.57. The van der Waals surface area contributed by atoms with E-state index < -0.39 is 0 Å². The molecule has 11 nitrogen and oxygen atoms in total. The van der Waals surface area contributed by atoms with E-state index in [1.807, 2.05) is 51.1 Å². The number of nitrogen functional groups attached to an aromatic ring is 1. The van der Waals surface area contributed by atoms with E-state index in [4.69, 9.17) is 15.4 Å². The monoisotopic (exact) mass is 579 g/mol. The molecule has 43 heavy (non-hydrogen) atoms. The molecule has 0 bridgehead atoms. The van der Waals surface area contributed by atoms with Crippen LogP contribution in [0.15, 0.2) is 65.4 Å². The van der Waals surface area contributed by atoms with Gasteiger partial charge in [0.15, 0.2) is 5.65 Å². The number of benzene rings is 2. The first-order chi connectivity index (χ1) is 20.7. The van der Waals surface area contributed by atoms with Crippen molar-refractivity contribution in [2.45, 2.75) is 39.5 Å². The Labute approximate surface area is 250 Å². The molecule has 0 atom stereocenters. The van der Waals surface area contributed by atoms with Gasteiger partial charge < -0.3 is 25.4 Å². The molecule has 2 aromatic carbocycles. The molecule has 0 spiro atoms. The molecular weight excluding hydrogens is 542 g/mol. The van der Waals surface area contributed by atoms with Crippen LogP contribution in [0.1, 0.15) is 39.1 Å². The van der Waals surface area contributed by atoms with Crippen LogP contribution in [0.2, 0.25) is 0 Å². The standard InChI is InChI=1S/C32H37N9O2/c1-5-39-14-16-40(17-15-39)24-10-6-21(7-11-24)29-28-30(33)34-20-35-31(28)41(37-29)25-12-8-22(9-13-25)36-27(42)19-23-18-26(43-38-23)32(2,3)4/h6-13,18,20H,5,14-17,19H2,1-4H3,(H,36,42)(H2,33,34,35). The number of nitrogens with zero attached hydrogens (tertiary/aromatic N) is 7. The highest BCUT2D eigenvalue weighted by molar-refractivity contribution is 5.99. The van der Waals surface area contributed by atoms with Crippen molar-refractivity contribution in [3.8, 4) is 16.9 Å². The van der Waals surface area contributed by atoms with E-state index in [1.165, 1.54) is 12.0 Å². The van der Waals surface area contributed by atoms with Crippen molar-refractivity contribution in [1.82, 2.24) is 29.8 Å². The lowest BCUT2D eigenvalue weighted by molar-refractivity contribution is -0.115. The first-order valence-electron chi connectivity index (χ1n) is 14.6. The zero-order valence-electron chi connectivity index (χ0n) is 25.0. The fourth-order valence-corrected chi connectivity index (χ4v) is 5.31. The Bertz CT molecular complexity index is 1730. The molecule has 1 amide bonds. The maximum Gasteiger partial charge on any atom is 0.230 e. The highest BCUT2D eigenvalue weighted by Gasteiger charge is 2.22. The molecule has 3 aromatic heterocycles. The van der Waals surface area contributed by atoms with Crippen molar-refractivity contribution in [3.63, 3.8) is 0 Å². The van der Waals surface area contributed by atoms with Gasteiger partial charge in [-0.3, -0.25) is 4.79 Å². The third-order valence-electron chi connectivity index (χ3n) is 7.85. The number of nitrogens with one attached hydrogen (secondary N) is 1. The molecule has 0 saturated carbocycles. The number of carbonyl (C=O) groups is 1. The summed E-state index contributed by atoms with van der Waals surface area (Å²) in [6.45, 7) is 13.6. The molecule has 6 rings (SSSR count). The Morgan fingerprint density at radius 3 is 2.33 bits per heavy atom. The lowest BCUT2D eigenvalue weighted by Crippen LogP contribution is -2.46. The smallest absolute Gasteiger partial charge is 0.230 e. The van der Waals surface area contributed by atoms with Crippen molar-refractivity contribution in [3.05, 3.63) is 72.4 Å². The molecule has 0 radical (unpaired) electrons. The number of piperazine rings is 1. The molecule has 4 heterocycles. The summed E-state index contributed by atoms with van der Waals surface area (Å²) >= 11 is 0. The van der Waals surface area contributed by atoms with E-state index in [0.29, 0.717) is 28.2 Å². The minimum Gasteiger partial charge on any atom is -0.383 e. The van der Waals surface area contributed by atoms with E-state index in [-0.39, 0.29) is 17.7 Å². The largest absolute Gasteiger partial charge is 0.383 e. The van der Waals surface area contributed by atoms with Gasteiger partial charge >= 0.3 is 0 Å². The summed E-state index contributed by atoms with van der Waals surface area (Å²) in [4.78, 5) is 26.3. The SMILES string of the molecule is CCN1CCN(c2ccc(-c3nn(-c4ccc(NC(=O)Cc5cc(C(C)(C)C)on5)cc4)c4ncnc(N)c34)cc2)CC1. The second-order valence-corrected chi connectivity index (χ2v) is 11.9. The lowest BCUT2D eigenvalue weighted by Gasteiger charge is -2.35. The van der Waals surface area contributed by atoms with Gasteiger partial charge in [0.05, 0.1) is 23.2 Å². The molecule has 11 heteroatoms. The van der Waals surface area contributed by atoms with Gasteiger partial charge in [-0.25, -0.2) is 14.6 Å². The molecule has 5 aromatic rings. The average Bonchev–Trinajstić information content (AvgIpc) is 3.64. The Morgan fingerprint density at radius 1 is 0.977 bits per heavy atom. The third-order valence-corrected chi connectivity index (χ3v) is 7.85. The van der Waals surface area contributed by atoms with Gasteiger partial charge in [0.1, 0.15) is 23.6 Å². The second kappa shape index (κ2) is 11.5. The van der Waals surface area contributed by atoms with E-state index in [2.05, 4.69) is 61.4 Å². The first kappa shape index (κ1) is 28.4. The van der Waals surface area contributed by atoms with Gasteiger partial charge in [0, 0.05) is 54.6 Å². The zero-order chi connectivity index (χ0) is 30.1. The van der Waals surface area contributed by atoms with E-state index >= 15 is 0 Å². The summed E-state index contributed by atoms with van der Waals surface area (Å²) in [6, 6.07) is 17.7. The number of anilines is 3. The van der Waals surface area contributed by atoms with E-state index in [1.54, 1.807) is 4.68 Å². The van der Waals surface area contributed by atoms with Crippen molar-refractivity contribution in [1.29, 1.82) is 0 Å². The molecular formula is C32H37N9O2. The molecule has 1 fully saturated rings. The summed E-state index contributed by atoms with van der Waals surface area (Å²) in [5, 5.41) is 12.6. The minimum atomic E-state index is -0.176. The number of hydrogen-bond acceptors (Lipinski definition) is 9. The van der Waals surface area contributed by atoms with Crippen LogP contribution in [0.3, 0.4) is 0 Å². The van der Waals surface area contributed by atoms with Crippen LogP contribution in [-0.4, -0.2) is 68.4 Å². The zero-order valence-corrected chi connectivity index (χ0v) is 25.0. The van der Waals surface area contributed by atoms with Crippen LogP contribution >= 0.6 is 0 Å². The predicted octanol–water partition coefficient (Wildman–Crippen LogP) is 4.67. The Balaban J connectivity index is 1.21. The first-order valence-corrected chi connectivity index (χ1v) is 14.6. The van der Waals surface area contributed by atoms with Crippen LogP contribution in [0.4, 0.5) is 17.2 Å². The fraction of sp³-hybridized carbons (Fsp3) is 0.344. The van der Waals surface area contributed by atoms with Gasteiger partial charge in [-0.2, -0.15) is 5.10 Å². The Hall–Kier alpha value is -4.77. The molecule has 1 aliphatic rings. The van der Waals surface area contributed by atoms with Gasteiger partial charge in [0.25, 0.3) is 0 Å². The van der Waals surface area contributed by atoms with Crippen LogP contribution in [0.5, 0.6) is 0 Å². The van der Waals surface area contributed by atoms with E-state index in [9.17, 15) is 4.79 Å². The van der Waals surface area contributed by atoms with Gasteiger partial charge in [0.2, 0.25) is 5.91 Å². The summed E-state index contributed by atoms with van der Waals surface area (Å²) in [5.74, 6) is 0.943. The second-order valence-electron chi connectivity index (χ2n) is 11.9. The summed E-state index contributed by atoms with van der Waals surface area (Å²) in [7, 11) is 0. The number of rotatable bonds is 7. The normalized spacial score (nSPS) is 14.4.